The van der Waals surface area contributed by atoms with E-state index in [2.05, 4.69) is 18.2 Å². The molecule has 0 radical (unpaired) electrons. The van der Waals surface area contributed by atoms with Crippen LogP contribution in [-0.2, 0) is 28.8 Å². The highest BCUT2D eigenvalue weighted by molar-refractivity contribution is 5.84. The molecule has 2 aliphatic rings. The Bertz CT molecular complexity index is 470. The first-order valence-electron chi connectivity index (χ1n) is 6.71. The summed E-state index contributed by atoms with van der Waals surface area (Å²) in [5.74, 6) is 0.108. The van der Waals surface area contributed by atoms with E-state index in [0.717, 1.165) is 12.0 Å². The normalized spacial score (nSPS) is 26.3. The smallest absolute Gasteiger partial charge is 0.144 e. The van der Waals surface area contributed by atoms with E-state index in [1.54, 1.807) is 0 Å². The fraction of sp³-hybridized carbons (Fsp3) is 0.533. The van der Waals surface area contributed by atoms with E-state index in [0.29, 0.717) is 19.6 Å². The van der Waals surface area contributed by atoms with Crippen molar-refractivity contribution < 1.29 is 9.53 Å². The Kier molecular flexibility index (Phi) is 3.18. The molecule has 2 unspecified atom stereocenters. The third kappa shape index (κ3) is 2.20. The molecule has 18 heavy (non-hydrogen) atoms. The molecule has 96 valence electrons. The molecule has 1 aromatic rings. The Labute approximate surface area is 107 Å². The summed E-state index contributed by atoms with van der Waals surface area (Å²) in [7, 11) is 0. The highest BCUT2D eigenvalue weighted by Crippen LogP contribution is 2.24. The van der Waals surface area contributed by atoms with Gasteiger partial charge >= 0.3 is 0 Å². The minimum absolute atomic E-state index is 0.113. The van der Waals surface area contributed by atoms with E-state index in [-0.39, 0.29) is 17.7 Å². The minimum Gasteiger partial charge on any atom is -0.379 e. The van der Waals surface area contributed by atoms with Crippen molar-refractivity contribution in [3.63, 3.8) is 0 Å². The molecule has 1 fully saturated rings. The Morgan fingerprint density at radius 1 is 1.28 bits per heavy atom. The summed E-state index contributed by atoms with van der Waals surface area (Å²) < 4.78 is 5.26. The second-order valence-corrected chi connectivity index (χ2v) is 5.41. The summed E-state index contributed by atoms with van der Waals surface area (Å²) >= 11 is 0. The van der Waals surface area contributed by atoms with E-state index < -0.39 is 0 Å². The lowest BCUT2D eigenvalue weighted by molar-refractivity contribution is -0.122. The van der Waals surface area contributed by atoms with Crippen LogP contribution in [0.1, 0.15) is 23.1 Å². The molecule has 1 saturated heterocycles. The summed E-state index contributed by atoms with van der Waals surface area (Å²) in [6, 6.07) is 6.34. The monoisotopic (exact) mass is 245 g/mol. The van der Waals surface area contributed by atoms with Gasteiger partial charge < -0.3 is 10.5 Å². The van der Waals surface area contributed by atoms with Crippen molar-refractivity contribution in [3.8, 4) is 0 Å². The topological polar surface area (TPSA) is 52.3 Å². The molecule has 0 bridgehead atoms. The minimum atomic E-state index is -0.119. The highest BCUT2D eigenvalue weighted by atomic mass is 16.5. The molecule has 0 saturated carbocycles. The number of hydrogen-bond donors (Lipinski definition) is 1. The predicted molar refractivity (Wildman–Crippen MR) is 69.5 cm³/mol. The van der Waals surface area contributed by atoms with Gasteiger partial charge in [-0.3, -0.25) is 4.79 Å². The Balaban J connectivity index is 1.71. The first kappa shape index (κ1) is 11.9. The maximum atomic E-state index is 12.2. The number of carbonyl (C=O) groups excluding carboxylic acids is 1. The van der Waals surface area contributed by atoms with Gasteiger partial charge in [0.05, 0.1) is 19.1 Å². The molecule has 1 aliphatic heterocycles. The molecule has 0 amide bonds. The van der Waals surface area contributed by atoms with Gasteiger partial charge in [-0.15, -0.1) is 0 Å². The zero-order valence-electron chi connectivity index (χ0n) is 10.5. The summed E-state index contributed by atoms with van der Waals surface area (Å²) in [6.07, 6.45) is 4.08. The van der Waals surface area contributed by atoms with Crippen LogP contribution < -0.4 is 5.73 Å². The quantitative estimate of drug-likeness (QED) is 0.872. The highest BCUT2D eigenvalue weighted by Gasteiger charge is 2.31. The van der Waals surface area contributed by atoms with Crippen molar-refractivity contribution in [2.75, 3.05) is 13.2 Å². The van der Waals surface area contributed by atoms with Crippen LogP contribution in [-0.4, -0.2) is 25.0 Å². The van der Waals surface area contributed by atoms with Gasteiger partial charge in [0.15, 0.2) is 0 Å². The van der Waals surface area contributed by atoms with Crippen molar-refractivity contribution in [1.29, 1.82) is 0 Å². The molecular weight excluding hydrogens is 226 g/mol. The Hall–Kier alpha value is -1.19. The van der Waals surface area contributed by atoms with E-state index >= 15 is 0 Å². The SMILES string of the molecule is NC1COCC1C(=O)Cc1ccc2c(c1)CCC2. The fourth-order valence-electron chi connectivity index (χ4n) is 2.97. The molecule has 3 heteroatoms. The molecule has 1 aliphatic carbocycles. The molecule has 1 aromatic carbocycles. The number of nitrogens with two attached hydrogens (primary N) is 1. The van der Waals surface area contributed by atoms with Gasteiger partial charge in [-0.1, -0.05) is 18.2 Å². The zero-order chi connectivity index (χ0) is 12.5. The van der Waals surface area contributed by atoms with Crippen molar-refractivity contribution in [3.05, 3.63) is 34.9 Å². The molecule has 0 aromatic heterocycles. The van der Waals surface area contributed by atoms with E-state index in [1.807, 2.05) is 0 Å². The van der Waals surface area contributed by atoms with Crippen LogP contribution in [0.2, 0.25) is 0 Å². The number of hydrogen-bond acceptors (Lipinski definition) is 3. The molecule has 3 nitrogen and oxygen atoms in total. The van der Waals surface area contributed by atoms with Crippen LogP contribution in [0, 0.1) is 5.92 Å². The average Bonchev–Trinajstić information content (AvgIpc) is 2.96. The van der Waals surface area contributed by atoms with Crippen molar-refractivity contribution in [1.82, 2.24) is 0 Å². The number of fused-ring (bicyclic) bond motifs is 1. The molecule has 1 heterocycles. The summed E-state index contributed by atoms with van der Waals surface area (Å²) in [6.45, 7) is 1.01. The summed E-state index contributed by atoms with van der Waals surface area (Å²) in [4.78, 5) is 12.2. The third-order valence-corrected chi connectivity index (χ3v) is 4.08. The Morgan fingerprint density at radius 3 is 2.89 bits per heavy atom. The molecule has 2 N–H and O–H groups in total. The van der Waals surface area contributed by atoms with Crippen molar-refractivity contribution in [2.45, 2.75) is 31.7 Å². The van der Waals surface area contributed by atoms with Crippen molar-refractivity contribution >= 4 is 5.78 Å². The lowest BCUT2D eigenvalue weighted by Gasteiger charge is -2.12. The average molecular weight is 245 g/mol. The fourth-order valence-corrected chi connectivity index (χ4v) is 2.97. The predicted octanol–water partition coefficient (Wildman–Crippen LogP) is 1.26. The van der Waals surface area contributed by atoms with Gasteiger partial charge in [0, 0.05) is 12.5 Å². The molecule has 0 spiro atoms. The van der Waals surface area contributed by atoms with Gasteiger partial charge in [0.25, 0.3) is 0 Å². The standard InChI is InChI=1S/C15H19NO2/c16-14-9-18-8-13(14)15(17)7-10-4-5-11-2-1-3-12(11)6-10/h4-6,13-14H,1-3,7-9,16H2. The van der Waals surface area contributed by atoms with Gasteiger partial charge in [-0.2, -0.15) is 0 Å². The number of ketones is 1. The van der Waals surface area contributed by atoms with E-state index in [9.17, 15) is 4.79 Å². The van der Waals surface area contributed by atoms with E-state index in [4.69, 9.17) is 10.5 Å². The zero-order valence-corrected chi connectivity index (χ0v) is 10.5. The maximum absolute atomic E-state index is 12.2. The third-order valence-electron chi connectivity index (χ3n) is 4.08. The number of carbonyl (C=O) groups is 1. The van der Waals surface area contributed by atoms with Gasteiger partial charge in [0.1, 0.15) is 5.78 Å². The summed E-state index contributed by atoms with van der Waals surface area (Å²) in [5.41, 5.74) is 9.88. The second-order valence-electron chi connectivity index (χ2n) is 5.41. The van der Waals surface area contributed by atoms with Crippen LogP contribution in [0.15, 0.2) is 18.2 Å². The number of Topliss-reactive ketones (excluding diaryl/α,β-unsaturated/α-hetero) is 1. The van der Waals surface area contributed by atoms with Gasteiger partial charge in [-0.25, -0.2) is 0 Å². The lowest BCUT2D eigenvalue weighted by atomic mass is 9.93. The van der Waals surface area contributed by atoms with Crippen LogP contribution >= 0.6 is 0 Å². The largest absolute Gasteiger partial charge is 0.379 e. The molecule has 2 atom stereocenters. The van der Waals surface area contributed by atoms with Crippen LogP contribution in [0.3, 0.4) is 0 Å². The molecule has 3 rings (SSSR count). The summed E-state index contributed by atoms with van der Waals surface area (Å²) in [5, 5.41) is 0. The van der Waals surface area contributed by atoms with Gasteiger partial charge in [-0.05, 0) is 36.0 Å². The first-order chi connectivity index (χ1) is 8.74. The van der Waals surface area contributed by atoms with Crippen LogP contribution in [0.4, 0.5) is 0 Å². The number of rotatable bonds is 3. The van der Waals surface area contributed by atoms with Crippen molar-refractivity contribution in [2.24, 2.45) is 11.7 Å². The first-order valence-corrected chi connectivity index (χ1v) is 6.71. The van der Waals surface area contributed by atoms with E-state index in [1.165, 1.54) is 24.0 Å². The number of aryl methyl sites for hydroxylation is 2. The lowest BCUT2D eigenvalue weighted by Crippen LogP contribution is -2.34. The van der Waals surface area contributed by atoms with Crippen LogP contribution in [0.5, 0.6) is 0 Å². The second kappa shape index (κ2) is 4.82. The molecular formula is C15H19NO2. The Morgan fingerprint density at radius 2 is 2.11 bits per heavy atom. The van der Waals surface area contributed by atoms with Gasteiger partial charge in [0.2, 0.25) is 0 Å². The maximum Gasteiger partial charge on any atom is 0.144 e. The number of ether oxygens (including phenoxy) is 1. The number of benzene rings is 1. The van der Waals surface area contributed by atoms with Crippen LogP contribution in [0.25, 0.3) is 0 Å².